The summed E-state index contributed by atoms with van der Waals surface area (Å²) in [6.07, 6.45) is 12.7. The first-order valence-electron chi connectivity index (χ1n) is 8.94. The van der Waals surface area contributed by atoms with Crippen molar-refractivity contribution in [1.29, 1.82) is 0 Å². The number of hydrogen-bond donors (Lipinski definition) is 0. The number of carbonyl (C=O) groups excluding carboxylic acids is 1. The molecule has 1 fully saturated rings. The average Bonchev–Trinajstić information content (AvgIpc) is 2.51. The second kappa shape index (κ2) is 18.5. The summed E-state index contributed by atoms with van der Waals surface area (Å²) in [6, 6.07) is 0. The maximum atomic E-state index is 11.4. The summed E-state index contributed by atoms with van der Waals surface area (Å²) in [5.74, 6) is 0.0188. The van der Waals surface area contributed by atoms with Crippen LogP contribution in [0.2, 0.25) is 0 Å². The van der Waals surface area contributed by atoms with Crippen LogP contribution in [0.4, 0.5) is 0 Å². The minimum Gasteiger partial charge on any atom is -0.462 e. The topological polar surface area (TPSA) is 26.3 Å². The number of ether oxygens (including phenoxy) is 1. The Kier molecular flexibility index (Phi) is 20.1. The molecule has 20 heavy (non-hydrogen) atoms. The van der Waals surface area contributed by atoms with Gasteiger partial charge in [0.1, 0.15) is 6.10 Å². The molecule has 0 unspecified atom stereocenters. The van der Waals surface area contributed by atoms with Crippen molar-refractivity contribution in [3.05, 3.63) is 0 Å². The van der Waals surface area contributed by atoms with Crippen LogP contribution in [-0.2, 0) is 9.53 Å². The Morgan fingerprint density at radius 2 is 1.45 bits per heavy atom. The summed E-state index contributed by atoms with van der Waals surface area (Å²) >= 11 is 0. The standard InChI is InChI=1S/C12H22O2.C4H10.C2H6/c1-2-3-5-10-12(13)14-11-8-6-4-7-9-11;1-3-4-2;1-2/h11H,2-10H2,1H3;3-4H2,1-2H3;1-2H3. The van der Waals surface area contributed by atoms with Crippen LogP contribution in [0.15, 0.2) is 0 Å². The molecule has 0 radical (unpaired) electrons. The van der Waals surface area contributed by atoms with Gasteiger partial charge in [-0.25, -0.2) is 0 Å². The van der Waals surface area contributed by atoms with Crippen LogP contribution in [0.5, 0.6) is 0 Å². The number of esters is 1. The summed E-state index contributed by atoms with van der Waals surface area (Å²) < 4.78 is 5.40. The predicted molar refractivity (Wildman–Crippen MR) is 89.0 cm³/mol. The zero-order valence-electron chi connectivity index (χ0n) is 14.7. The molecule has 0 saturated heterocycles. The van der Waals surface area contributed by atoms with E-state index in [0.29, 0.717) is 6.42 Å². The van der Waals surface area contributed by atoms with Gasteiger partial charge in [0.2, 0.25) is 0 Å². The van der Waals surface area contributed by atoms with E-state index < -0.39 is 0 Å². The fourth-order valence-corrected chi connectivity index (χ4v) is 1.95. The van der Waals surface area contributed by atoms with Gasteiger partial charge in [0.25, 0.3) is 0 Å². The SMILES string of the molecule is CC.CCCC.CCCCCC(=O)OC1CCCCC1. The first kappa shape index (κ1) is 21.8. The highest BCUT2D eigenvalue weighted by Gasteiger charge is 2.16. The summed E-state index contributed by atoms with van der Waals surface area (Å²) in [6.45, 7) is 10.5. The van der Waals surface area contributed by atoms with Gasteiger partial charge in [-0.15, -0.1) is 0 Å². The number of unbranched alkanes of at least 4 members (excludes halogenated alkanes) is 3. The van der Waals surface area contributed by atoms with Crippen LogP contribution in [0, 0.1) is 0 Å². The van der Waals surface area contributed by atoms with Crippen molar-refractivity contribution in [3.63, 3.8) is 0 Å². The smallest absolute Gasteiger partial charge is 0.306 e. The predicted octanol–water partition coefficient (Wildman–Crippen LogP) is 6.28. The molecule has 1 saturated carbocycles. The fraction of sp³-hybridized carbons (Fsp3) is 0.944. The van der Waals surface area contributed by atoms with Crippen molar-refractivity contribution < 1.29 is 9.53 Å². The molecule has 2 nitrogen and oxygen atoms in total. The van der Waals surface area contributed by atoms with E-state index in [4.69, 9.17) is 4.74 Å². The van der Waals surface area contributed by atoms with E-state index in [1.54, 1.807) is 0 Å². The summed E-state index contributed by atoms with van der Waals surface area (Å²) in [5.41, 5.74) is 0. The first-order chi connectivity index (χ1) is 9.74. The van der Waals surface area contributed by atoms with E-state index in [9.17, 15) is 4.79 Å². The Bertz CT molecular complexity index is 182. The van der Waals surface area contributed by atoms with Gasteiger partial charge >= 0.3 is 5.97 Å². The normalized spacial score (nSPS) is 14.4. The zero-order chi connectivity index (χ0) is 15.6. The maximum absolute atomic E-state index is 11.4. The molecule has 0 heterocycles. The molecule has 0 spiro atoms. The third-order valence-corrected chi connectivity index (χ3v) is 3.33. The van der Waals surface area contributed by atoms with Crippen molar-refractivity contribution in [2.45, 2.75) is 111 Å². The van der Waals surface area contributed by atoms with Crippen LogP contribution in [-0.4, -0.2) is 12.1 Å². The lowest BCUT2D eigenvalue weighted by Gasteiger charge is -2.21. The largest absolute Gasteiger partial charge is 0.462 e. The van der Waals surface area contributed by atoms with E-state index in [2.05, 4.69) is 20.8 Å². The maximum Gasteiger partial charge on any atom is 0.306 e. The Morgan fingerprint density at radius 3 is 1.90 bits per heavy atom. The molecule has 1 rings (SSSR count). The number of hydrogen-bond acceptors (Lipinski definition) is 2. The Labute approximate surface area is 127 Å². The van der Waals surface area contributed by atoms with Gasteiger partial charge < -0.3 is 4.74 Å². The fourth-order valence-electron chi connectivity index (χ4n) is 1.95. The molecule has 1 aliphatic rings. The van der Waals surface area contributed by atoms with Crippen molar-refractivity contribution >= 4 is 5.97 Å². The molecule has 2 heteroatoms. The van der Waals surface area contributed by atoms with Gasteiger partial charge in [-0.1, -0.05) is 66.7 Å². The quantitative estimate of drug-likeness (QED) is 0.424. The molecule has 0 aromatic carbocycles. The Balaban J connectivity index is 0. The van der Waals surface area contributed by atoms with Crippen LogP contribution >= 0.6 is 0 Å². The minimum atomic E-state index is 0.0188. The molecule has 1 aliphatic carbocycles. The molecule has 122 valence electrons. The van der Waals surface area contributed by atoms with Gasteiger partial charge in [-0.3, -0.25) is 4.79 Å². The molecule has 0 atom stereocenters. The van der Waals surface area contributed by atoms with Crippen LogP contribution < -0.4 is 0 Å². The molecule has 0 aromatic heterocycles. The summed E-state index contributed by atoms with van der Waals surface area (Å²) in [4.78, 5) is 11.4. The van der Waals surface area contributed by atoms with Crippen molar-refractivity contribution in [1.82, 2.24) is 0 Å². The molecular formula is C18H38O2. The molecule has 0 aliphatic heterocycles. The van der Waals surface area contributed by atoms with E-state index in [1.165, 1.54) is 32.1 Å². The number of rotatable bonds is 6. The van der Waals surface area contributed by atoms with E-state index in [0.717, 1.165) is 32.1 Å². The van der Waals surface area contributed by atoms with E-state index >= 15 is 0 Å². The average molecular weight is 287 g/mol. The third kappa shape index (κ3) is 15.5. The second-order valence-corrected chi connectivity index (χ2v) is 5.21. The summed E-state index contributed by atoms with van der Waals surface area (Å²) in [5, 5.41) is 0. The van der Waals surface area contributed by atoms with Crippen LogP contribution in [0.3, 0.4) is 0 Å². The Morgan fingerprint density at radius 1 is 0.900 bits per heavy atom. The lowest BCUT2D eigenvalue weighted by Crippen LogP contribution is -2.20. The first-order valence-corrected chi connectivity index (χ1v) is 8.94. The third-order valence-electron chi connectivity index (χ3n) is 3.33. The molecule has 0 N–H and O–H groups in total. The van der Waals surface area contributed by atoms with Gasteiger partial charge in [-0.2, -0.15) is 0 Å². The molecule has 0 amide bonds. The van der Waals surface area contributed by atoms with Crippen LogP contribution in [0.25, 0.3) is 0 Å². The van der Waals surface area contributed by atoms with E-state index in [-0.39, 0.29) is 12.1 Å². The van der Waals surface area contributed by atoms with Crippen LogP contribution in [0.1, 0.15) is 105 Å². The lowest BCUT2D eigenvalue weighted by atomic mass is 9.98. The molecule has 0 bridgehead atoms. The van der Waals surface area contributed by atoms with Gasteiger partial charge in [-0.05, 0) is 32.1 Å². The van der Waals surface area contributed by atoms with Gasteiger partial charge in [0.05, 0.1) is 0 Å². The highest BCUT2D eigenvalue weighted by Crippen LogP contribution is 2.20. The zero-order valence-corrected chi connectivity index (χ0v) is 14.7. The van der Waals surface area contributed by atoms with Gasteiger partial charge in [0, 0.05) is 6.42 Å². The van der Waals surface area contributed by atoms with Gasteiger partial charge in [0.15, 0.2) is 0 Å². The van der Waals surface area contributed by atoms with E-state index in [1.807, 2.05) is 13.8 Å². The Hall–Kier alpha value is -0.530. The summed E-state index contributed by atoms with van der Waals surface area (Å²) in [7, 11) is 0. The van der Waals surface area contributed by atoms with Crippen molar-refractivity contribution in [2.75, 3.05) is 0 Å². The lowest BCUT2D eigenvalue weighted by molar-refractivity contribution is -0.150. The highest BCUT2D eigenvalue weighted by atomic mass is 16.5. The molecule has 0 aromatic rings. The highest BCUT2D eigenvalue weighted by molar-refractivity contribution is 5.69. The minimum absolute atomic E-state index is 0.0188. The molecular weight excluding hydrogens is 248 g/mol. The second-order valence-electron chi connectivity index (χ2n) is 5.21. The number of carbonyl (C=O) groups is 1. The van der Waals surface area contributed by atoms with Crippen molar-refractivity contribution in [3.8, 4) is 0 Å². The monoisotopic (exact) mass is 286 g/mol. The van der Waals surface area contributed by atoms with Crippen molar-refractivity contribution in [2.24, 2.45) is 0 Å².